The number of aliphatic hydroxyl groups is 1. The third-order valence-electron chi connectivity index (χ3n) is 3.91. The van der Waals surface area contributed by atoms with Crippen LogP contribution >= 0.6 is 0 Å². The summed E-state index contributed by atoms with van der Waals surface area (Å²) in [5.74, 6) is 0.716. The highest BCUT2D eigenvalue weighted by Gasteiger charge is 2.12. The van der Waals surface area contributed by atoms with Crippen molar-refractivity contribution in [3.63, 3.8) is 0 Å². The minimum absolute atomic E-state index is 0.157. The Kier molecular flexibility index (Phi) is 10.5. The number of aldehydes is 1. The molecule has 0 spiro atoms. The van der Waals surface area contributed by atoms with Gasteiger partial charge in [0.1, 0.15) is 6.10 Å². The lowest BCUT2D eigenvalue weighted by Crippen LogP contribution is -2.21. The van der Waals surface area contributed by atoms with E-state index in [0.717, 1.165) is 37.2 Å². The molecule has 0 aliphatic heterocycles. The maximum absolute atomic E-state index is 10.9. The number of ketones is 1. The Balaban J connectivity index is 2.07. The Morgan fingerprint density at radius 2 is 1.80 bits per heavy atom. The first-order valence-electron chi connectivity index (χ1n) is 8.58. The van der Waals surface area contributed by atoms with Gasteiger partial charge >= 0.3 is 0 Å². The van der Waals surface area contributed by atoms with Crippen molar-refractivity contribution in [2.45, 2.75) is 44.6 Å². The van der Waals surface area contributed by atoms with Crippen LogP contribution in [0.1, 0.15) is 37.7 Å². The van der Waals surface area contributed by atoms with E-state index in [1.165, 1.54) is 5.56 Å². The predicted octanol–water partition coefficient (Wildman–Crippen LogP) is 2.34. The number of benzene rings is 1. The van der Waals surface area contributed by atoms with Crippen molar-refractivity contribution in [3.05, 3.63) is 23.8 Å². The molecular weight excluding hydrogens is 324 g/mol. The van der Waals surface area contributed by atoms with Gasteiger partial charge in [0.2, 0.25) is 5.78 Å². The molecule has 0 amide bonds. The monoisotopic (exact) mass is 352 g/mol. The number of aryl methyl sites for hydroxylation is 1. The van der Waals surface area contributed by atoms with Crippen LogP contribution in [0.4, 0.5) is 0 Å². The third-order valence-corrected chi connectivity index (χ3v) is 3.91. The van der Waals surface area contributed by atoms with Crippen LogP contribution in [0.3, 0.4) is 0 Å². The first-order chi connectivity index (χ1) is 12.1. The highest BCUT2D eigenvalue weighted by atomic mass is 16.5. The topological polar surface area (TPSA) is 82.1 Å². The molecule has 140 valence electrons. The number of aliphatic hydroxyl groups excluding tert-OH is 1. The van der Waals surface area contributed by atoms with Gasteiger partial charge in [-0.2, -0.15) is 0 Å². The summed E-state index contributed by atoms with van der Waals surface area (Å²) in [6, 6.07) is 5.96. The molecule has 0 saturated heterocycles. The summed E-state index contributed by atoms with van der Waals surface area (Å²) in [6.45, 7) is 1.14. The summed E-state index contributed by atoms with van der Waals surface area (Å²) in [5.41, 5.74) is 1.22. The standard InChI is InChI=1S/C19H28O6/c1-23-18-10-9-15(13-19(18)24-2)7-4-3-5-11-25-12-6-8-16(21)17(22)14-20/h9-10,13-14,16,21H,3-8,11-12H2,1-2H3. The summed E-state index contributed by atoms with van der Waals surface area (Å²) in [4.78, 5) is 21.1. The van der Waals surface area contributed by atoms with Crippen molar-refractivity contribution >= 4 is 12.1 Å². The van der Waals surface area contributed by atoms with E-state index < -0.39 is 11.9 Å². The molecule has 1 rings (SSSR count). The Bertz CT molecular complexity index is 529. The molecule has 0 aliphatic rings. The normalized spacial score (nSPS) is 11.8. The van der Waals surface area contributed by atoms with Crippen LogP contribution in [-0.4, -0.2) is 50.7 Å². The lowest BCUT2D eigenvalue weighted by Gasteiger charge is -2.09. The summed E-state index contributed by atoms with van der Waals surface area (Å²) in [6.07, 6.45) is 3.84. The van der Waals surface area contributed by atoms with E-state index in [0.29, 0.717) is 19.6 Å². The molecule has 25 heavy (non-hydrogen) atoms. The van der Waals surface area contributed by atoms with Crippen LogP contribution in [0, 0.1) is 0 Å². The first kappa shape index (κ1) is 21.1. The highest BCUT2D eigenvalue weighted by molar-refractivity contribution is 6.26. The van der Waals surface area contributed by atoms with E-state index in [4.69, 9.17) is 14.2 Å². The Morgan fingerprint density at radius 3 is 2.48 bits per heavy atom. The molecule has 0 saturated carbocycles. The fourth-order valence-corrected chi connectivity index (χ4v) is 2.45. The molecule has 1 atom stereocenters. The maximum Gasteiger partial charge on any atom is 0.223 e. The van der Waals surface area contributed by atoms with Crippen molar-refractivity contribution in [1.82, 2.24) is 0 Å². The molecule has 6 heteroatoms. The number of methoxy groups -OCH3 is 2. The van der Waals surface area contributed by atoms with Gasteiger partial charge < -0.3 is 19.3 Å². The molecule has 0 aliphatic carbocycles. The molecule has 6 nitrogen and oxygen atoms in total. The van der Waals surface area contributed by atoms with Crippen molar-refractivity contribution in [3.8, 4) is 11.5 Å². The van der Waals surface area contributed by atoms with Gasteiger partial charge in [0.05, 0.1) is 14.2 Å². The van der Waals surface area contributed by atoms with Gasteiger partial charge in [-0.15, -0.1) is 0 Å². The maximum atomic E-state index is 10.9. The number of carbonyl (C=O) groups is 2. The number of unbranched alkanes of at least 4 members (excludes halogenated alkanes) is 2. The van der Waals surface area contributed by atoms with Crippen LogP contribution in [0.2, 0.25) is 0 Å². The van der Waals surface area contributed by atoms with Gasteiger partial charge in [0, 0.05) is 13.2 Å². The number of hydrogen-bond acceptors (Lipinski definition) is 6. The molecule has 1 aromatic carbocycles. The Morgan fingerprint density at radius 1 is 1.08 bits per heavy atom. The molecule has 0 fully saturated rings. The van der Waals surface area contributed by atoms with Gasteiger partial charge in [0.25, 0.3) is 0 Å². The summed E-state index contributed by atoms with van der Waals surface area (Å²) in [7, 11) is 3.26. The van der Waals surface area contributed by atoms with Crippen LogP contribution in [0.5, 0.6) is 11.5 Å². The van der Waals surface area contributed by atoms with E-state index in [1.54, 1.807) is 14.2 Å². The zero-order valence-electron chi connectivity index (χ0n) is 15.0. The third kappa shape index (κ3) is 8.14. The van der Waals surface area contributed by atoms with E-state index in [9.17, 15) is 14.7 Å². The van der Waals surface area contributed by atoms with Gasteiger partial charge in [-0.05, 0) is 49.8 Å². The van der Waals surface area contributed by atoms with Crippen LogP contribution < -0.4 is 9.47 Å². The summed E-state index contributed by atoms with van der Waals surface area (Å²) >= 11 is 0. The van der Waals surface area contributed by atoms with Gasteiger partial charge in [-0.25, -0.2) is 0 Å². The zero-order chi connectivity index (χ0) is 18.5. The fourth-order valence-electron chi connectivity index (χ4n) is 2.45. The summed E-state index contributed by atoms with van der Waals surface area (Å²) in [5, 5.41) is 9.32. The molecular formula is C19H28O6. The van der Waals surface area contributed by atoms with E-state index in [2.05, 4.69) is 0 Å². The van der Waals surface area contributed by atoms with Crippen molar-refractivity contribution < 1.29 is 28.9 Å². The molecule has 1 unspecified atom stereocenters. The SMILES string of the molecule is COc1ccc(CCCCCOCCCC(O)C(=O)C=O)cc1OC. The van der Waals surface area contributed by atoms with E-state index in [-0.39, 0.29) is 12.7 Å². The average molecular weight is 352 g/mol. The highest BCUT2D eigenvalue weighted by Crippen LogP contribution is 2.28. The Labute approximate surface area is 149 Å². The molecule has 0 radical (unpaired) electrons. The lowest BCUT2D eigenvalue weighted by atomic mass is 10.1. The predicted molar refractivity (Wildman–Crippen MR) is 94.2 cm³/mol. The molecule has 1 N–H and O–H groups in total. The number of carbonyl (C=O) groups excluding carboxylic acids is 2. The van der Waals surface area contributed by atoms with Crippen LogP contribution in [-0.2, 0) is 20.7 Å². The molecule has 0 bridgehead atoms. The fraction of sp³-hybridized carbons (Fsp3) is 0.579. The zero-order valence-corrected chi connectivity index (χ0v) is 15.0. The second-order valence-corrected chi connectivity index (χ2v) is 5.79. The molecule has 0 aromatic heterocycles. The first-order valence-corrected chi connectivity index (χ1v) is 8.58. The lowest BCUT2D eigenvalue weighted by molar-refractivity contribution is -0.135. The van der Waals surface area contributed by atoms with Crippen LogP contribution in [0.15, 0.2) is 18.2 Å². The quantitative estimate of drug-likeness (QED) is 0.314. The summed E-state index contributed by atoms with van der Waals surface area (Å²) < 4.78 is 16.0. The second-order valence-electron chi connectivity index (χ2n) is 5.79. The number of ether oxygens (including phenoxy) is 3. The minimum Gasteiger partial charge on any atom is -0.493 e. The average Bonchev–Trinajstić information content (AvgIpc) is 2.65. The number of hydrogen-bond donors (Lipinski definition) is 1. The second kappa shape index (κ2) is 12.4. The van der Waals surface area contributed by atoms with E-state index in [1.807, 2.05) is 18.2 Å². The van der Waals surface area contributed by atoms with Crippen molar-refractivity contribution in [2.24, 2.45) is 0 Å². The van der Waals surface area contributed by atoms with Gasteiger partial charge in [0.15, 0.2) is 17.8 Å². The van der Waals surface area contributed by atoms with Gasteiger partial charge in [-0.1, -0.05) is 12.5 Å². The molecule has 0 heterocycles. The molecule has 1 aromatic rings. The van der Waals surface area contributed by atoms with Crippen molar-refractivity contribution in [1.29, 1.82) is 0 Å². The smallest absolute Gasteiger partial charge is 0.223 e. The van der Waals surface area contributed by atoms with Crippen LogP contribution in [0.25, 0.3) is 0 Å². The Hall–Kier alpha value is -1.92. The number of rotatable bonds is 14. The minimum atomic E-state index is -1.19. The van der Waals surface area contributed by atoms with Gasteiger partial charge in [-0.3, -0.25) is 9.59 Å². The van der Waals surface area contributed by atoms with E-state index >= 15 is 0 Å². The number of Topliss-reactive ketones (excluding diaryl/α,β-unsaturated/α-hetero) is 1. The largest absolute Gasteiger partial charge is 0.493 e. The van der Waals surface area contributed by atoms with Crippen molar-refractivity contribution in [2.75, 3.05) is 27.4 Å².